The smallest absolute Gasteiger partial charge is 0.318 e. The van der Waals surface area contributed by atoms with Crippen molar-refractivity contribution < 1.29 is 4.79 Å². The minimum absolute atomic E-state index is 0.0145. The van der Waals surface area contributed by atoms with Crippen LogP contribution in [0.25, 0.3) is 0 Å². The van der Waals surface area contributed by atoms with Crippen LogP contribution in [0.1, 0.15) is 61.4 Å². The van der Waals surface area contributed by atoms with Crippen molar-refractivity contribution in [3.8, 4) is 0 Å². The van der Waals surface area contributed by atoms with Gasteiger partial charge >= 0.3 is 6.03 Å². The number of hydrogen-bond donors (Lipinski definition) is 1. The molecule has 0 fully saturated rings. The normalized spacial score (nSPS) is 18.0. The van der Waals surface area contributed by atoms with E-state index in [1.54, 1.807) is 0 Å². The highest BCUT2D eigenvalue weighted by molar-refractivity contribution is 5.74. The summed E-state index contributed by atoms with van der Waals surface area (Å²) >= 11 is 0. The van der Waals surface area contributed by atoms with E-state index in [1.807, 2.05) is 4.90 Å². The van der Waals surface area contributed by atoms with Gasteiger partial charge in [0.2, 0.25) is 0 Å². The second-order valence-electron chi connectivity index (χ2n) is 7.60. The fraction of sp³-hybridized carbons (Fsp3) is 0.571. The fourth-order valence-corrected chi connectivity index (χ4v) is 4.23. The highest BCUT2D eigenvalue weighted by atomic mass is 16.2. The highest BCUT2D eigenvalue weighted by Crippen LogP contribution is 2.22. The molecule has 6 nitrogen and oxygen atoms in total. The second kappa shape index (κ2) is 8.11. The predicted octanol–water partition coefficient (Wildman–Crippen LogP) is 3.27. The number of carbonyl (C=O) groups is 1. The number of fused-ring (bicyclic) bond motifs is 2. The molecule has 0 saturated heterocycles. The molecule has 2 aliphatic heterocycles. The number of nitrogens with one attached hydrogen (secondary N) is 1. The summed E-state index contributed by atoms with van der Waals surface area (Å²) in [5.74, 6) is 1.99. The summed E-state index contributed by atoms with van der Waals surface area (Å²) in [5, 5.41) is 12.1. The zero-order chi connectivity index (χ0) is 18.6. The van der Waals surface area contributed by atoms with Crippen LogP contribution in [0.2, 0.25) is 0 Å². The van der Waals surface area contributed by atoms with Crippen LogP contribution in [-0.4, -0.2) is 38.8 Å². The van der Waals surface area contributed by atoms with Crippen molar-refractivity contribution >= 4 is 6.03 Å². The van der Waals surface area contributed by atoms with Gasteiger partial charge < -0.3 is 14.8 Å². The van der Waals surface area contributed by atoms with Crippen LogP contribution < -0.4 is 5.32 Å². The van der Waals surface area contributed by atoms with Crippen molar-refractivity contribution in [3.63, 3.8) is 0 Å². The molecule has 1 N–H and O–H groups in total. The number of nitrogens with zero attached hydrogens (tertiary/aromatic N) is 4. The lowest BCUT2D eigenvalue weighted by Gasteiger charge is -2.25. The van der Waals surface area contributed by atoms with Gasteiger partial charge in [-0.3, -0.25) is 0 Å². The number of rotatable bonds is 3. The van der Waals surface area contributed by atoms with E-state index in [4.69, 9.17) is 0 Å². The van der Waals surface area contributed by atoms with Gasteiger partial charge in [0.05, 0.1) is 6.04 Å². The van der Waals surface area contributed by atoms with E-state index in [-0.39, 0.29) is 12.1 Å². The summed E-state index contributed by atoms with van der Waals surface area (Å²) in [6, 6.07) is 8.45. The van der Waals surface area contributed by atoms with Gasteiger partial charge in [0, 0.05) is 26.1 Å². The van der Waals surface area contributed by atoms with Gasteiger partial charge in [0.15, 0.2) is 5.82 Å². The number of carbonyl (C=O) groups excluding carboxylic acids is 1. The van der Waals surface area contributed by atoms with E-state index in [0.29, 0.717) is 0 Å². The zero-order valence-corrected chi connectivity index (χ0v) is 16.2. The van der Waals surface area contributed by atoms with E-state index >= 15 is 0 Å². The van der Waals surface area contributed by atoms with E-state index < -0.39 is 0 Å². The Morgan fingerprint density at radius 1 is 1.04 bits per heavy atom. The molecular weight excluding hydrogens is 338 g/mol. The van der Waals surface area contributed by atoms with Crippen LogP contribution in [0, 0.1) is 0 Å². The first-order valence-corrected chi connectivity index (χ1v) is 10.3. The summed E-state index contributed by atoms with van der Waals surface area (Å²) < 4.78 is 2.24. The van der Waals surface area contributed by atoms with Gasteiger partial charge in [-0.2, -0.15) is 0 Å². The quantitative estimate of drug-likeness (QED) is 0.906. The lowest BCUT2D eigenvalue weighted by molar-refractivity contribution is 0.194. The molecular formula is C21H29N5O. The number of aromatic nitrogens is 3. The standard InChI is InChI=1S/C21H29N5O/c1-2-18(20-24-23-19-10-4-3-7-13-26(19)20)22-21(27)25-14-11-16-8-5-6-9-17(16)12-15-25/h5-6,8-9,18H,2-4,7,10-15H2,1H3,(H,22,27). The molecule has 1 aromatic carbocycles. The molecule has 1 unspecified atom stereocenters. The predicted molar refractivity (Wildman–Crippen MR) is 105 cm³/mol. The number of urea groups is 1. The summed E-state index contributed by atoms with van der Waals surface area (Å²) in [4.78, 5) is 14.9. The molecule has 1 aromatic heterocycles. The Hall–Kier alpha value is -2.37. The minimum Gasteiger partial charge on any atom is -0.328 e. The molecule has 27 heavy (non-hydrogen) atoms. The molecule has 144 valence electrons. The van der Waals surface area contributed by atoms with Crippen LogP contribution in [0.15, 0.2) is 24.3 Å². The largest absolute Gasteiger partial charge is 0.328 e. The number of aryl methyl sites for hydroxylation is 1. The molecule has 4 rings (SSSR count). The first kappa shape index (κ1) is 18.0. The first-order chi connectivity index (χ1) is 13.3. The lowest BCUT2D eigenvalue weighted by Crippen LogP contribution is -2.43. The molecule has 2 aliphatic rings. The number of hydrogen-bond acceptors (Lipinski definition) is 3. The maximum atomic E-state index is 13.0. The van der Waals surface area contributed by atoms with Crippen LogP contribution in [0.5, 0.6) is 0 Å². The fourth-order valence-electron chi connectivity index (χ4n) is 4.23. The maximum Gasteiger partial charge on any atom is 0.318 e. The second-order valence-corrected chi connectivity index (χ2v) is 7.60. The number of amides is 2. The summed E-state index contributed by atoms with van der Waals surface area (Å²) in [7, 11) is 0. The summed E-state index contributed by atoms with van der Waals surface area (Å²) in [6.45, 7) is 4.58. The third-order valence-electron chi connectivity index (χ3n) is 5.86. The topological polar surface area (TPSA) is 63.1 Å². The Kier molecular flexibility index (Phi) is 5.41. The molecule has 2 aromatic rings. The van der Waals surface area contributed by atoms with Crippen molar-refractivity contribution in [1.29, 1.82) is 0 Å². The highest BCUT2D eigenvalue weighted by Gasteiger charge is 2.25. The van der Waals surface area contributed by atoms with Gasteiger partial charge in [-0.25, -0.2) is 4.79 Å². The Morgan fingerprint density at radius 2 is 1.78 bits per heavy atom. The average Bonchev–Trinajstić information content (AvgIpc) is 2.87. The molecule has 1 atom stereocenters. The molecule has 0 spiro atoms. The monoisotopic (exact) mass is 367 g/mol. The van der Waals surface area contributed by atoms with Crippen molar-refractivity contribution in [2.75, 3.05) is 13.1 Å². The van der Waals surface area contributed by atoms with Crippen molar-refractivity contribution in [2.45, 2.75) is 64.5 Å². The molecule has 3 heterocycles. The van der Waals surface area contributed by atoms with Gasteiger partial charge in [-0.05, 0) is 43.2 Å². The van der Waals surface area contributed by atoms with Gasteiger partial charge in [-0.15, -0.1) is 10.2 Å². The average molecular weight is 367 g/mol. The Bertz CT molecular complexity index is 773. The van der Waals surface area contributed by atoms with Crippen molar-refractivity contribution in [2.24, 2.45) is 0 Å². The lowest BCUT2D eigenvalue weighted by atomic mass is 10.0. The van der Waals surface area contributed by atoms with E-state index in [0.717, 1.165) is 63.4 Å². The summed E-state index contributed by atoms with van der Waals surface area (Å²) in [5.41, 5.74) is 2.73. The van der Waals surface area contributed by atoms with Crippen LogP contribution in [0.3, 0.4) is 0 Å². The third-order valence-corrected chi connectivity index (χ3v) is 5.86. The third kappa shape index (κ3) is 3.84. The van der Waals surface area contributed by atoms with Crippen LogP contribution in [-0.2, 0) is 25.8 Å². The van der Waals surface area contributed by atoms with Gasteiger partial charge in [0.25, 0.3) is 0 Å². The number of benzene rings is 1. The van der Waals surface area contributed by atoms with E-state index in [9.17, 15) is 4.79 Å². The molecule has 2 amide bonds. The van der Waals surface area contributed by atoms with Crippen LogP contribution in [0.4, 0.5) is 4.79 Å². The Morgan fingerprint density at radius 3 is 2.48 bits per heavy atom. The van der Waals surface area contributed by atoms with E-state index in [2.05, 4.69) is 51.3 Å². The van der Waals surface area contributed by atoms with Gasteiger partial charge in [0.1, 0.15) is 5.82 Å². The van der Waals surface area contributed by atoms with Crippen LogP contribution >= 0.6 is 0 Å². The van der Waals surface area contributed by atoms with E-state index in [1.165, 1.54) is 24.0 Å². The van der Waals surface area contributed by atoms with Gasteiger partial charge in [-0.1, -0.05) is 37.6 Å². The first-order valence-electron chi connectivity index (χ1n) is 10.3. The zero-order valence-electron chi connectivity index (χ0n) is 16.2. The molecule has 0 bridgehead atoms. The minimum atomic E-state index is -0.0810. The summed E-state index contributed by atoms with van der Waals surface area (Å²) in [6.07, 6.45) is 7.21. The Balaban J connectivity index is 1.45. The molecule has 0 radical (unpaired) electrons. The molecule has 0 aliphatic carbocycles. The SMILES string of the molecule is CCC(NC(=O)N1CCc2ccccc2CC1)c1nnc2n1CCCCC2. The molecule has 6 heteroatoms. The maximum absolute atomic E-state index is 13.0. The van der Waals surface area contributed by atoms with Crippen molar-refractivity contribution in [3.05, 3.63) is 47.0 Å². The molecule has 0 saturated carbocycles. The van der Waals surface area contributed by atoms with Crippen molar-refractivity contribution in [1.82, 2.24) is 25.0 Å². The Labute approximate surface area is 161 Å².